The summed E-state index contributed by atoms with van der Waals surface area (Å²) in [5.74, 6) is 2.27. The Hall–Kier alpha value is -1.09. The number of ether oxygens (including phenoxy) is 2. The molecule has 0 radical (unpaired) electrons. The summed E-state index contributed by atoms with van der Waals surface area (Å²) in [4.78, 5) is 8.94. The van der Waals surface area contributed by atoms with Crippen molar-refractivity contribution in [1.82, 2.24) is 15.6 Å². The van der Waals surface area contributed by atoms with E-state index in [1.54, 1.807) is 0 Å². The van der Waals surface area contributed by atoms with Gasteiger partial charge >= 0.3 is 0 Å². The average Bonchev–Trinajstić information content (AvgIpc) is 3.43. The van der Waals surface area contributed by atoms with Crippen molar-refractivity contribution in [2.45, 2.75) is 39.7 Å². The van der Waals surface area contributed by atoms with E-state index < -0.39 is 0 Å². The minimum Gasteiger partial charge on any atom is -0.477 e. The average molecular weight is 462 g/mol. The molecule has 0 spiro atoms. The number of aliphatic imine (C=N–C) groups is 1. The van der Waals surface area contributed by atoms with Crippen molar-refractivity contribution in [2.24, 2.45) is 10.9 Å². The molecule has 1 saturated carbocycles. The fraction of sp³-hybridized carbons (Fsp3) is 0.667. The van der Waals surface area contributed by atoms with E-state index in [2.05, 4.69) is 27.5 Å². The number of nitrogens with zero attached hydrogens (tertiary/aromatic N) is 2. The summed E-state index contributed by atoms with van der Waals surface area (Å²) in [5.41, 5.74) is 1.07. The maximum Gasteiger partial charge on any atom is 0.213 e. The van der Waals surface area contributed by atoms with Gasteiger partial charge in [-0.25, -0.2) is 9.98 Å². The van der Waals surface area contributed by atoms with Gasteiger partial charge in [-0.15, -0.1) is 24.0 Å². The molecule has 0 aliphatic heterocycles. The van der Waals surface area contributed by atoms with Crippen molar-refractivity contribution in [1.29, 1.82) is 0 Å². The van der Waals surface area contributed by atoms with Crippen LogP contribution < -0.4 is 15.4 Å². The smallest absolute Gasteiger partial charge is 0.213 e. The van der Waals surface area contributed by atoms with Crippen LogP contribution in [-0.4, -0.2) is 43.9 Å². The Kier molecular flexibility index (Phi) is 11.6. The Labute approximate surface area is 168 Å². The molecular weight excluding hydrogens is 431 g/mol. The molecule has 1 fully saturated rings. The van der Waals surface area contributed by atoms with E-state index in [9.17, 15) is 0 Å². The molecule has 0 aromatic carbocycles. The quantitative estimate of drug-likeness (QED) is 0.229. The fourth-order valence-corrected chi connectivity index (χ4v) is 2.12. The van der Waals surface area contributed by atoms with Crippen LogP contribution >= 0.6 is 24.0 Å². The summed E-state index contributed by atoms with van der Waals surface area (Å²) in [5, 5.41) is 6.56. The fourth-order valence-electron chi connectivity index (χ4n) is 2.12. The Morgan fingerprint density at radius 1 is 1.28 bits per heavy atom. The molecule has 142 valence electrons. The predicted octanol–water partition coefficient (Wildman–Crippen LogP) is 2.97. The van der Waals surface area contributed by atoms with Crippen molar-refractivity contribution in [2.75, 3.05) is 32.9 Å². The Morgan fingerprint density at radius 3 is 2.76 bits per heavy atom. The lowest BCUT2D eigenvalue weighted by Crippen LogP contribution is -2.38. The number of hydrogen-bond acceptors (Lipinski definition) is 4. The number of rotatable bonds is 11. The first-order valence-corrected chi connectivity index (χ1v) is 8.99. The molecule has 0 atom stereocenters. The number of hydrogen-bond donors (Lipinski definition) is 2. The van der Waals surface area contributed by atoms with Gasteiger partial charge in [0.15, 0.2) is 5.96 Å². The first-order valence-electron chi connectivity index (χ1n) is 8.99. The molecule has 7 heteroatoms. The molecule has 6 nitrogen and oxygen atoms in total. The summed E-state index contributed by atoms with van der Waals surface area (Å²) in [6.07, 6.45) is 5.38. The summed E-state index contributed by atoms with van der Waals surface area (Å²) >= 11 is 0. The van der Waals surface area contributed by atoms with Gasteiger partial charge in [-0.3, -0.25) is 0 Å². The van der Waals surface area contributed by atoms with Gasteiger partial charge in [-0.05, 0) is 44.6 Å². The van der Waals surface area contributed by atoms with Crippen molar-refractivity contribution in [3.8, 4) is 5.88 Å². The normalized spacial score (nSPS) is 13.9. The molecule has 0 saturated heterocycles. The van der Waals surface area contributed by atoms with E-state index in [1.165, 1.54) is 12.8 Å². The highest BCUT2D eigenvalue weighted by molar-refractivity contribution is 14.0. The maximum absolute atomic E-state index is 5.65. The topological polar surface area (TPSA) is 67.8 Å². The van der Waals surface area contributed by atoms with Crippen molar-refractivity contribution in [3.05, 3.63) is 23.9 Å². The van der Waals surface area contributed by atoms with E-state index in [1.807, 2.05) is 25.3 Å². The van der Waals surface area contributed by atoms with E-state index in [0.29, 0.717) is 12.4 Å². The van der Waals surface area contributed by atoms with Crippen LogP contribution in [0, 0.1) is 5.92 Å². The Morgan fingerprint density at radius 2 is 2.12 bits per heavy atom. The molecule has 1 aliphatic rings. The van der Waals surface area contributed by atoms with Gasteiger partial charge in [0.2, 0.25) is 5.88 Å². The number of aromatic nitrogens is 1. The molecule has 1 aliphatic carbocycles. The zero-order chi connectivity index (χ0) is 17.0. The summed E-state index contributed by atoms with van der Waals surface area (Å²) in [7, 11) is 0. The van der Waals surface area contributed by atoms with Crippen molar-refractivity contribution < 1.29 is 9.47 Å². The SMILES string of the molecule is CCNC(=NCc1ccc(OCC2CC2)nc1)NCCCOCC.I. The first-order chi connectivity index (χ1) is 11.8. The highest BCUT2D eigenvalue weighted by Gasteiger charge is 2.21. The van der Waals surface area contributed by atoms with E-state index in [0.717, 1.165) is 56.8 Å². The van der Waals surface area contributed by atoms with Crippen LogP contribution in [0.25, 0.3) is 0 Å². The summed E-state index contributed by atoms with van der Waals surface area (Å²) < 4.78 is 11.0. The highest BCUT2D eigenvalue weighted by Crippen LogP contribution is 2.29. The van der Waals surface area contributed by atoms with E-state index in [-0.39, 0.29) is 24.0 Å². The maximum atomic E-state index is 5.65. The standard InChI is InChI=1S/C18H30N4O2.HI/c1-3-19-18(20-10-5-11-23-4-2)22-13-16-8-9-17(21-12-16)24-14-15-6-7-15;/h8-9,12,15H,3-7,10-11,13-14H2,1-2H3,(H2,19,20,22);1H. The summed E-state index contributed by atoms with van der Waals surface area (Å²) in [6.45, 7) is 8.68. The van der Waals surface area contributed by atoms with Crippen molar-refractivity contribution in [3.63, 3.8) is 0 Å². The van der Waals surface area contributed by atoms with Gasteiger partial charge in [0.1, 0.15) is 0 Å². The third-order valence-electron chi connectivity index (χ3n) is 3.69. The molecule has 1 aromatic heterocycles. The minimum atomic E-state index is 0. The van der Waals surface area contributed by atoms with E-state index in [4.69, 9.17) is 9.47 Å². The second-order valence-electron chi connectivity index (χ2n) is 5.93. The van der Waals surface area contributed by atoms with Crippen LogP contribution in [0.3, 0.4) is 0 Å². The number of pyridine rings is 1. The van der Waals surface area contributed by atoms with Crippen LogP contribution in [0.5, 0.6) is 5.88 Å². The Balaban J connectivity index is 0.00000312. The lowest BCUT2D eigenvalue weighted by molar-refractivity contribution is 0.145. The number of halogens is 1. The van der Waals surface area contributed by atoms with Crippen LogP contribution in [0.15, 0.2) is 23.3 Å². The number of nitrogens with one attached hydrogen (secondary N) is 2. The lowest BCUT2D eigenvalue weighted by atomic mass is 10.3. The van der Waals surface area contributed by atoms with Gasteiger partial charge in [0.05, 0.1) is 13.2 Å². The number of guanidine groups is 1. The Bertz CT molecular complexity index is 492. The zero-order valence-electron chi connectivity index (χ0n) is 15.3. The van der Waals surface area contributed by atoms with Gasteiger partial charge in [-0.1, -0.05) is 6.07 Å². The zero-order valence-corrected chi connectivity index (χ0v) is 17.6. The highest BCUT2D eigenvalue weighted by atomic mass is 127. The van der Waals surface area contributed by atoms with E-state index >= 15 is 0 Å². The third kappa shape index (κ3) is 9.84. The molecule has 2 N–H and O–H groups in total. The first kappa shape index (κ1) is 22.0. The molecular formula is C18H31IN4O2. The molecule has 0 unspecified atom stereocenters. The van der Waals surface area contributed by atoms with Crippen LogP contribution in [-0.2, 0) is 11.3 Å². The molecule has 0 bridgehead atoms. The largest absolute Gasteiger partial charge is 0.477 e. The van der Waals surface area contributed by atoms with Gasteiger partial charge in [-0.2, -0.15) is 0 Å². The second-order valence-corrected chi connectivity index (χ2v) is 5.93. The van der Waals surface area contributed by atoms with Gasteiger partial charge < -0.3 is 20.1 Å². The minimum absolute atomic E-state index is 0. The summed E-state index contributed by atoms with van der Waals surface area (Å²) in [6, 6.07) is 3.95. The molecule has 1 aromatic rings. The second kappa shape index (κ2) is 13.2. The molecule has 2 rings (SSSR count). The predicted molar refractivity (Wildman–Crippen MR) is 112 cm³/mol. The third-order valence-corrected chi connectivity index (χ3v) is 3.69. The lowest BCUT2D eigenvalue weighted by Gasteiger charge is -2.11. The van der Waals surface area contributed by atoms with Crippen LogP contribution in [0.2, 0.25) is 0 Å². The van der Waals surface area contributed by atoms with Gasteiger partial charge in [0.25, 0.3) is 0 Å². The van der Waals surface area contributed by atoms with Gasteiger partial charge in [0, 0.05) is 38.6 Å². The molecule has 25 heavy (non-hydrogen) atoms. The molecule has 0 amide bonds. The monoisotopic (exact) mass is 462 g/mol. The van der Waals surface area contributed by atoms with Crippen LogP contribution in [0.1, 0.15) is 38.7 Å². The molecule has 1 heterocycles. The van der Waals surface area contributed by atoms with Crippen LogP contribution in [0.4, 0.5) is 0 Å². The van der Waals surface area contributed by atoms with Crippen molar-refractivity contribution >= 4 is 29.9 Å².